The molecule has 0 bridgehead atoms. The van der Waals surface area contributed by atoms with Crippen LogP contribution in [0.25, 0.3) is 0 Å². The molecule has 3 aromatic rings. The molecule has 1 aromatic heterocycles. The average molecular weight is 563 g/mol. The van der Waals surface area contributed by atoms with Crippen LogP contribution in [-0.4, -0.2) is 49.4 Å². The van der Waals surface area contributed by atoms with Crippen molar-refractivity contribution >= 4 is 39.2 Å². The van der Waals surface area contributed by atoms with Gasteiger partial charge in [-0.25, -0.2) is 23.1 Å². The Balaban J connectivity index is 1.50. The van der Waals surface area contributed by atoms with Crippen molar-refractivity contribution in [1.82, 2.24) is 10.3 Å². The molecule has 1 aliphatic rings. The minimum Gasteiger partial charge on any atom is -0.497 e. The highest BCUT2D eigenvalue weighted by Gasteiger charge is 2.49. The standard InChI is InChI=1S/C25H21F3N4O6S/c1-24(14-15-11-12-29-20(13-15)30-21(33)16-3-7-18(38-2)8-4-16)22(34)32(23(35)31-24)17-5-9-19(10-6-17)39(36,37)25(26,27)28/h3-13H,14H2,1-2H3,(H,31,35)(H,29,30,33). The number of methoxy groups -OCH3 is 1. The number of benzene rings is 2. The van der Waals surface area contributed by atoms with Crippen LogP contribution in [0.1, 0.15) is 22.8 Å². The zero-order chi connectivity index (χ0) is 28.6. The Kier molecular flexibility index (Phi) is 7.08. The van der Waals surface area contributed by atoms with Gasteiger partial charge in [-0.1, -0.05) is 0 Å². The molecule has 1 unspecified atom stereocenters. The van der Waals surface area contributed by atoms with Crippen LogP contribution in [-0.2, 0) is 21.1 Å². The second-order valence-corrected chi connectivity index (χ2v) is 10.7. The molecule has 10 nitrogen and oxygen atoms in total. The number of nitrogens with one attached hydrogen (secondary N) is 2. The highest BCUT2D eigenvalue weighted by atomic mass is 32.2. The summed E-state index contributed by atoms with van der Waals surface area (Å²) in [6, 6.07) is 11.9. The molecule has 0 spiro atoms. The Hall–Kier alpha value is -4.46. The van der Waals surface area contributed by atoms with E-state index >= 15 is 0 Å². The summed E-state index contributed by atoms with van der Waals surface area (Å²) < 4.78 is 66.7. The van der Waals surface area contributed by atoms with Crippen molar-refractivity contribution in [3.63, 3.8) is 0 Å². The van der Waals surface area contributed by atoms with Gasteiger partial charge in [0, 0.05) is 18.2 Å². The maximum absolute atomic E-state index is 13.2. The third-order valence-electron chi connectivity index (χ3n) is 5.95. The first-order chi connectivity index (χ1) is 18.2. The van der Waals surface area contributed by atoms with E-state index in [2.05, 4.69) is 15.6 Å². The van der Waals surface area contributed by atoms with Gasteiger partial charge in [-0.2, -0.15) is 13.2 Å². The average Bonchev–Trinajstić information content (AvgIpc) is 3.10. The Labute approximate surface area is 220 Å². The van der Waals surface area contributed by atoms with Gasteiger partial charge in [0.15, 0.2) is 0 Å². The van der Waals surface area contributed by atoms with E-state index in [0.29, 0.717) is 29.0 Å². The second-order valence-electron chi connectivity index (χ2n) is 8.75. The number of alkyl halides is 3. The molecule has 1 saturated heterocycles. The molecule has 2 N–H and O–H groups in total. The molecule has 14 heteroatoms. The smallest absolute Gasteiger partial charge is 0.497 e. The van der Waals surface area contributed by atoms with Crippen LogP contribution in [0.3, 0.4) is 0 Å². The molecule has 0 radical (unpaired) electrons. The van der Waals surface area contributed by atoms with Crippen LogP contribution in [0.5, 0.6) is 5.75 Å². The lowest BCUT2D eigenvalue weighted by atomic mass is 9.93. The van der Waals surface area contributed by atoms with E-state index in [9.17, 15) is 36.0 Å². The highest BCUT2D eigenvalue weighted by Crippen LogP contribution is 2.33. The number of carbonyl (C=O) groups is 3. The number of urea groups is 1. The Morgan fingerprint density at radius 1 is 1.08 bits per heavy atom. The van der Waals surface area contributed by atoms with Crippen LogP contribution < -0.4 is 20.3 Å². The number of amides is 4. The van der Waals surface area contributed by atoms with Gasteiger partial charge in [0.25, 0.3) is 21.7 Å². The lowest BCUT2D eigenvalue weighted by molar-refractivity contribution is -0.121. The monoisotopic (exact) mass is 562 g/mol. The minimum absolute atomic E-state index is 0.0114. The third kappa shape index (κ3) is 5.41. The maximum Gasteiger partial charge on any atom is 0.501 e. The van der Waals surface area contributed by atoms with Gasteiger partial charge in [-0.05, 0) is 73.2 Å². The molecule has 2 heterocycles. The van der Waals surface area contributed by atoms with Crippen LogP contribution in [0, 0.1) is 0 Å². The number of rotatable bonds is 7. The van der Waals surface area contributed by atoms with Crippen molar-refractivity contribution in [2.75, 3.05) is 17.3 Å². The van der Waals surface area contributed by atoms with Crippen LogP contribution in [0.2, 0.25) is 0 Å². The second kappa shape index (κ2) is 10.0. The first-order valence-corrected chi connectivity index (χ1v) is 12.7. The highest BCUT2D eigenvalue weighted by molar-refractivity contribution is 7.92. The Morgan fingerprint density at radius 2 is 1.72 bits per heavy atom. The molecule has 1 aliphatic heterocycles. The fourth-order valence-electron chi connectivity index (χ4n) is 3.94. The van der Waals surface area contributed by atoms with Gasteiger partial charge in [0.2, 0.25) is 0 Å². The van der Waals surface area contributed by atoms with E-state index < -0.39 is 43.6 Å². The van der Waals surface area contributed by atoms with Crippen LogP contribution in [0.4, 0.5) is 29.5 Å². The van der Waals surface area contributed by atoms with E-state index in [1.54, 1.807) is 30.3 Å². The molecule has 0 aliphatic carbocycles. The van der Waals surface area contributed by atoms with Gasteiger partial charge in [0.1, 0.15) is 17.1 Å². The van der Waals surface area contributed by atoms with E-state index in [-0.39, 0.29) is 17.9 Å². The van der Waals surface area contributed by atoms with Crippen LogP contribution in [0.15, 0.2) is 71.8 Å². The molecule has 1 atom stereocenters. The van der Waals surface area contributed by atoms with Crippen molar-refractivity contribution in [1.29, 1.82) is 0 Å². The number of imide groups is 1. The number of ether oxygens (including phenoxy) is 1. The summed E-state index contributed by atoms with van der Waals surface area (Å²) >= 11 is 0. The quantitative estimate of drug-likeness (QED) is 0.420. The fourth-order valence-corrected chi connectivity index (χ4v) is 4.70. The van der Waals surface area contributed by atoms with Crippen molar-refractivity contribution in [2.45, 2.75) is 29.3 Å². The Morgan fingerprint density at radius 3 is 2.31 bits per heavy atom. The van der Waals surface area contributed by atoms with Crippen molar-refractivity contribution in [3.8, 4) is 5.75 Å². The molecule has 0 saturated carbocycles. The number of aromatic nitrogens is 1. The van der Waals surface area contributed by atoms with Gasteiger partial charge >= 0.3 is 11.5 Å². The predicted molar refractivity (Wildman–Crippen MR) is 133 cm³/mol. The number of hydrogen-bond donors (Lipinski definition) is 2. The number of sulfone groups is 1. The molecular formula is C25H21F3N4O6S. The molecule has 4 amide bonds. The number of halogens is 3. The van der Waals surface area contributed by atoms with E-state index in [1.807, 2.05) is 0 Å². The zero-order valence-corrected chi connectivity index (χ0v) is 21.3. The number of nitrogens with zero attached hydrogens (tertiary/aromatic N) is 2. The zero-order valence-electron chi connectivity index (χ0n) is 20.4. The number of carbonyl (C=O) groups excluding carboxylic acids is 3. The summed E-state index contributed by atoms with van der Waals surface area (Å²) in [5.41, 5.74) is -6.15. The fraction of sp³-hybridized carbons (Fsp3) is 0.200. The first-order valence-electron chi connectivity index (χ1n) is 11.2. The van der Waals surface area contributed by atoms with Crippen molar-refractivity contribution in [2.24, 2.45) is 0 Å². The van der Waals surface area contributed by atoms with E-state index in [4.69, 9.17) is 4.74 Å². The van der Waals surface area contributed by atoms with E-state index in [1.165, 1.54) is 26.3 Å². The summed E-state index contributed by atoms with van der Waals surface area (Å²) in [5, 5.41) is 5.22. The molecular weight excluding hydrogens is 541 g/mol. The number of hydrogen-bond acceptors (Lipinski definition) is 7. The molecule has 204 valence electrons. The van der Waals surface area contributed by atoms with Gasteiger partial charge in [-0.3, -0.25) is 9.59 Å². The molecule has 2 aromatic carbocycles. The topological polar surface area (TPSA) is 135 Å². The van der Waals surface area contributed by atoms with Crippen LogP contribution >= 0.6 is 0 Å². The summed E-state index contributed by atoms with van der Waals surface area (Å²) in [5.74, 6) is -0.355. The number of pyridine rings is 1. The normalized spacial score (nSPS) is 17.6. The van der Waals surface area contributed by atoms with Crippen molar-refractivity contribution < 1.29 is 40.7 Å². The molecule has 1 fully saturated rings. The predicted octanol–water partition coefficient (Wildman–Crippen LogP) is 3.69. The van der Waals surface area contributed by atoms with Gasteiger partial charge in [0.05, 0.1) is 17.7 Å². The summed E-state index contributed by atoms with van der Waals surface area (Å²) in [4.78, 5) is 42.3. The minimum atomic E-state index is -5.59. The third-order valence-corrected chi connectivity index (χ3v) is 7.45. The van der Waals surface area contributed by atoms with E-state index in [0.717, 1.165) is 17.0 Å². The van der Waals surface area contributed by atoms with Crippen molar-refractivity contribution in [3.05, 3.63) is 78.0 Å². The number of anilines is 2. The largest absolute Gasteiger partial charge is 0.501 e. The maximum atomic E-state index is 13.2. The lowest BCUT2D eigenvalue weighted by Crippen LogP contribution is -2.46. The first kappa shape index (κ1) is 27.6. The molecule has 39 heavy (non-hydrogen) atoms. The summed E-state index contributed by atoms with van der Waals surface area (Å²) in [6.07, 6.45) is 1.41. The van der Waals surface area contributed by atoms with Gasteiger partial charge in [-0.15, -0.1) is 0 Å². The SMILES string of the molecule is COc1ccc(C(=O)Nc2cc(CC3(C)NC(=O)N(c4ccc(S(=O)(=O)C(F)(F)F)cc4)C3=O)ccn2)cc1. The van der Waals surface area contributed by atoms with Gasteiger partial charge < -0.3 is 15.4 Å². The lowest BCUT2D eigenvalue weighted by Gasteiger charge is -2.22. The Bertz CT molecular complexity index is 1540. The summed E-state index contributed by atoms with van der Waals surface area (Å²) in [6.45, 7) is 1.46. The molecule has 4 rings (SSSR count). The summed E-state index contributed by atoms with van der Waals surface area (Å²) in [7, 11) is -4.08.